The van der Waals surface area contributed by atoms with Crippen molar-refractivity contribution in [1.29, 1.82) is 5.26 Å². The van der Waals surface area contributed by atoms with Gasteiger partial charge in [0.05, 0.1) is 16.7 Å². The van der Waals surface area contributed by atoms with E-state index in [2.05, 4.69) is 4.18 Å². The third kappa shape index (κ3) is 4.68. The van der Waals surface area contributed by atoms with Crippen molar-refractivity contribution in [2.45, 2.75) is 17.2 Å². The van der Waals surface area contributed by atoms with Gasteiger partial charge in [-0.2, -0.15) is 40.0 Å². The maximum Gasteiger partial charge on any atom is 0.416 e. The van der Waals surface area contributed by atoms with Gasteiger partial charge in [0, 0.05) is 0 Å². The highest BCUT2D eigenvalue weighted by Gasteiger charge is 2.37. The van der Waals surface area contributed by atoms with E-state index in [1.165, 1.54) is 6.07 Å². The minimum Gasteiger partial charge on any atom is -0.379 e. The molecule has 0 amide bonds. The maximum absolute atomic E-state index is 13.2. The second-order valence-corrected chi connectivity index (χ2v) is 6.58. The van der Waals surface area contributed by atoms with Crippen LogP contribution in [0.3, 0.4) is 0 Å². The molecule has 4 nitrogen and oxygen atoms in total. The molecule has 0 unspecified atom stereocenters. The molecule has 0 aliphatic heterocycles. The van der Waals surface area contributed by atoms with Crippen LogP contribution < -0.4 is 4.18 Å². The predicted octanol–water partition coefficient (Wildman–Crippen LogP) is 4.50. The quantitative estimate of drug-likeness (QED) is 0.549. The second kappa shape index (κ2) is 6.73. The Bertz CT molecular complexity index is 989. The maximum atomic E-state index is 13.2. The van der Waals surface area contributed by atoms with Crippen LogP contribution in [0.1, 0.15) is 16.7 Å². The van der Waals surface area contributed by atoms with Gasteiger partial charge in [-0.25, -0.2) is 4.39 Å². The highest BCUT2D eigenvalue weighted by molar-refractivity contribution is 7.87. The molecule has 0 saturated heterocycles. The summed E-state index contributed by atoms with van der Waals surface area (Å²) in [5, 5.41) is 8.67. The van der Waals surface area contributed by atoms with E-state index in [0.29, 0.717) is 18.2 Å². The Labute approximate surface area is 147 Å². The molecule has 0 saturated carbocycles. The lowest BCUT2D eigenvalue weighted by molar-refractivity contribution is -0.143. The largest absolute Gasteiger partial charge is 0.416 e. The van der Waals surface area contributed by atoms with Gasteiger partial charge in [0.15, 0.2) is 0 Å². The summed E-state index contributed by atoms with van der Waals surface area (Å²) < 4.78 is 118. The minimum atomic E-state index is -5.20. The van der Waals surface area contributed by atoms with Gasteiger partial charge in [-0.15, -0.1) is 0 Å². The molecule has 0 radical (unpaired) electrons. The molecule has 2 aromatic carbocycles. The van der Waals surface area contributed by atoms with Crippen molar-refractivity contribution in [2.24, 2.45) is 0 Å². The number of alkyl halides is 6. The Morgan fingerprint density at radius 3 is 1.85 bits per heavy atom. The van der Waals surface area contributed by atoms with Gasteiger partial charge >= 0.3 is 22.5 Å². The summed E-state index contributed by atoms with van der Waals surface area (Å²) in [6.07, 6.45) is -10.4. The van der Waals surface area contributed by atoms with Gasteiger partial charge in [-0.3, -0.25) is 0 Å². The highest BCUT2D eigenvalue weighted by atomic mass is 32.2. The van der Waals surface area contributed by atoms with Crippen molar-refractivity contribution < 1.29 is 43.3 Å². The summed E-state index contributed by atoms with van der Waals surface area (Å²) in [6, 6.07) is 3.03. The van der Waals surface area contributed by atoms with Crippen LogP contribution in [0, 0.1) is 17.1 Å². The lowest BCUT2D eigenvalue weighted by Gasteiger charge is -2.14. The summed E-state index contributed by atoms with van der Waals surface area (Å²) in [4.78, 5) is -0.827. The molecule has 0 aliphatic rings. The molecule has 0 heterocycles. The second-order valence-electron chi connectivity index (χ2n) is 5.03. The molecule has 0 N–H and O–H groups in total. The number of hydrogen-bond acceptors (Lipinski definition) is 4. The Morgan fingerprint density at radius 1 is 0.889 bits per heavy atom. The molecule has 144 valence electrons. The normalized spacial score (nSPS) is 12.5. The van der Waals surface area contributed by atoms with Crippen molar-refractivity contribution in [3.63, 3.8) is 0 Å². The van der Waals surface area contributed by atoms with Gasteiger partial charge in [-0.1, -0.05) is 0 Å². The molecule has 0 atom stereocenters. The van der Waals surface area contributed by atoms with Crippen LogP contribution in [0.4, 0.5) is 30.7 Å². The molecule has 27 heavy (non-hydrogen) atoms. The van der Waals surface area contributed by atoms with Gasteiger partial charge in [0.25, 0.3) is 0 Å². The zero-order valence-corrected chi connectivity index (χ0v) is 13.5. The van der Waals surface area contributed by atoms with Gasteiger partial charge in [0.2, 0.25) is 0 Å². The van der Waals surface area contributed by atoms with E-state index in [9.17, 15) is 39.2 Å². The lowest BCUT2D eigenvalue weighted by atomic mass is 10.1. The fraction of sp³-hybridized carbons (Fsp3) is 0.133. The molecular weight excluding hydrogens is 407 g/mol. The van der Waals surface area contributed by atoms with E-state index in [4.69, 9.17) is 5.26 Å². The molecular formula is C15H6F7NO3S. The molecule has 12 heteroatoms. The monoisotopic (exact) mass is 413 g/mol. The first-order valence-corrected chi connectivity index (χ1v) is 8.08. The third-order valence-electron chi connectivity index (χ3n) is 3.11. The Hall–Kier alpha value is -2.81. The Morgan fingerprint density at radius 2 is 1.41 bits per heavy atom. The first-order valence-electron chi connectivity index (χ1n) is 6.67. The summed E-state index contributed by atoms with van der Waals surface area (Å²) in [6.45, 7) is 0. The van der Waals surface area contributed by atoms with Crippen LogP contribution >= 0.6 is 0 Å². The van der Waals surface area contributed by atoms with Crippen LogP contribution in [0.15, 0.2) is 41.3 Å². The van der Waals surface area contributed by atoms with Gasteiger partial charge < -0.3 is 4.18 Å². The van der Waals surface area contributed by atoms with Crippen LogP contribution in [0.2, 0.25) is 0 Å². The smallest absolute Gasteiger partial charge is 0.379 e. The van der Waals surface area contributed by atoms with Crippen molar-refractivity contribution in [2.75, 3.05) is 0 Å². The minimum absolute atomic E-state index is 0.0710. The van der Waals surface area contributed by atoms with Crippen LogP contribution in [-0.4, -0.2) is 8.42 Å². The zero-order valence-electron chi connectivity index (χ0n) is 12.7. The topological polar surface area (TPSA) is 67.2 Å². The van der Waals surface area contributed by atoms with E-state index in [1.54, 1.807) is 0 Å². The van der Waals surface area contributed by atoms with E-state index in [0.717, 1.165) is 0 Å². The standard InChI is InChI=1S/C15H6F7NO3S/c16-13-2-1-12(3-8(13)7-23)27(24,25)26-11-5-9(14(17,18)19)4-10(6-11)15(20,21)22/h1-6H. The molecule has 0 bridgehead atoms. The van der Waals surface area contributed by atoms with Gasteiger partial charge in [-0.05, 0) is 36.4 Å². The average Bonchev–Trinajstić information content (AvgIpc) is 2.52. The molecule has 0 fully saturated rings. The molecule has 2 aromatic rings. The van der Waals surface area contributed by atoms with E-state index in [1.807, 2.05) is 0 Å². The summed E-state index contributed by atoms with van der Waals surface area (Å²) in [5.74, 6) is -2.32. The number of nitrogens with zero attached hydrogens (tertiary/aromatic N) is 1. The molecule has 0 spiro atoms. The third-order valence-corrected chi connectivity index (χ3v) is 4.36. The van der Waals surface area contributed by atoms with Crippen LogP contribution in [0.5, 0.6) is 5.75 Å². The number of rotatable bonds is 3. The number of hydrogen-bond donors (Lipinski definition) is 0. The first-order chi connectivity index (χ1) is 12.2. The molecule has 0 aromatic heterocycles. The molecule has 2 rings (SSSR count). The average molecular weight is 413 g/mol. The SMILES string of the molecule is N#Cc1cc(S(=O)(=O)Oc2cc(C(F)(F)F)cc(C(F)(F)F)c2)ccc1F. The van der Waals surface area contributed by atoms with Crippen molar-refractivity contribution in [3.8, 4) is 11.8 Å². The fourth-order valence-corrected chi connectivity index (χ4v) is 2.84. The Kier molecular flexibility index (Phi) is 5.11. The number of nitriles is 1. The van der Waals surface area contributed by atoms with Crippen LogP contribution in [0.25, 0.3) is 0 Å². The van der Waals surface area contributed by atoms with Crippen molar-refractivity contribution in [3.05, 3.63) is 58.9 Å². The zero-order chi connectivity index (χ0) is 20.6. The summed E-state index contributed by atoms with van der Waals surface area (Å²) in [7, 11) is -4.94. The molecule has 0 aliphatic carbocycles. The van der Waals surface area contributed by atoms with Crippen molar-refractivity contribution >= 4 is 10.1 Å². The van der Waals surface area contributed by atoms with Gasteiger partial charge in [0.1, 0.15) is 22.5 Å². The number of halogens is 7. The van der Waals surface area contributed by atoms with Crippen LogP contribution in [-0.2, 0) is 22.5 Å². The predicted molar refractivity (Wildman–Crippen MR) is 75.4 cm³/mol. The summed E-state index contributed by atoms with van der Waals surface area (Å²) in [5.41, 5.74) is -4.27. The first kappa shape index (κ1) is 20.5. The fourth-order valence-electron chi connectivity index (χ4n) is 1.89. The van der Waals surface area contributed by atoms with Crippen molar-refractivity contribution in [1.82, 2.24) is 0 Å². The van der Waals surface area contributed by atoms with E-state index in [-0.39, 0.29) is 18.2 Å². The summed E-state index contributed by atoms with van der Waals surface area (Å²) >= 11 is 0. The highest BCUT2D eigenvalue weighted by Crippen LogP contribution is 2.38. The number of benzene rings is 2. The van der Waals surface area contributed by atoms with E-state index >= 15 is 0 Å². The Balaban J connectivity index is 2.54. The van der Waals surface area contributed by atoms with E-state index < -0.39 is 55.6 Å². The lowest BCUT2D eigenvalue weighted by Crippen LogP contribution is -2.14.